The van der Waals surface area contributed by atoms with Crippen LogP contribution in [0.15, 0.2) is 46.8 Å². The van der Waals surface area contributed by atoms with Crippen LogP contribution in [0, 0.1) is 12.8 Å². The van der Waals surface area contributed by atoms with E-state index in [4.69, 9.17) is 9.84 Å². The van der Waals surface area contributed by atoms with Crippen LogP contribution >= 0.6 is 0 Å². The Morgan fingerprint density at radius 2 is 1.97 bits per heavy atom. The molecule has 0 saturated heterocycles. The first-order valence-electron chi connectivity index (χ1n) is 10.6. The topological polar surface area (TPSA) is 96.2 Å². The number of hydrogen-bond donors (Lipinski definition) is 2. The molecule has 2 N–H and O–H groups in total. The Morgan fingerprint density at radius 3 is 2.63 bits per heavy atom. The summed E-state index contributed by atoms with van der Waals surface area (Å²) in [6, 6.07) is 10.4. The molecule has 0 radical (unpaired) electrons. The summed E-state index contributed by atoms with van der Waals surface area (Å²) in [5, 5.41) is 20.2. The van der Waals surface area contributed by atoms with Gasteiger partial charge < -0.3 is 15.2 Å². The number of amides is 1. The lowest BCUT2D eigenvalue weighted by atomic mass is 9.86. The van der Waals surface area contributed by atoms with E-state index >= 15 is 0 Å². The largest absolute Gasteiger partial charge is 0.494 e. The van der Waals surface area contributed by atoms with Crippen molar-refractivity contribution in [2.75, 3.05) is 13.2 Å². The van der Waals surface area contributed by atoms with Crippen molar-refractivity contribution in [3.05, 3.63) is 47.8 Å². The highest BCUT2D eigenvalue weighted by molar-refractivity contribution is 5.65. The molecule has 7 nitrogen and oxygen atoms in total. The molecule has 30 heavy (non-hydrogen) atoms. The number of azo groups is 1. The number of nitrogens with zero attached hydrogens (tertiary/aromatic N) is 3. The normalized spacial score (nSPS) is 19.0. The molecule has 1 aliphatic rings. The minimum Gasteiger partial charge on any atom is -0.494 e. The van der Waals surface area contributed by atoms with Crippen molar-refractivity contribution in [1.29, 1.82) is 0 Å². The van der Waals surface area contributed by atoms with Crippen LogP contribution in [-0.4, -0.2) is 35.4 Å². The molecule has 0 atom stereocenters. The summed E-state index contributed by atoms with van der Waals surface area (Å²) < 4.78 is 5.78. The van der Waals surface area contributed by atoms with Crippen molar-refractivity contribution in [2.45, 2.75) is 52.1 Å². The summed E-state index contributed by atoms with van der Waals surface area (Å²) in [5.74, 6) is 1.24. The maximum atomic E-state index is 10.6. The van der Waals surface area contributed by atoms with Crippen LogP contribution in [0.25, 0.3) is 11.1 Å². The molecule has 0 bridgehead atoms. The standard InChI is InChI=1S/C23H30N4O3/c1-3-30-22-11-8-18(19-7-4-16(2)24-14-19)12-20(22)15-26-27-21-9-5-17(6-10-21)13-25-23(28)29/h4,7-8,11-12,14,17,21,25H,3,5-6,9-10,13,15H2,1-2H3,(H,28,29)/b27-26+. The van der Waals surface area contributed by atoms with Crippen molar-refractivity contribution in [3.8, 4) is 16.9 Å². The van der Waals surface area contributed by atoms with Crippen molar-refractivity contribution in [2.24, 2.45) is 16.1 Å². The molecule has 1 amide bonds. The van der Waals surface area contributed by atoms with Gasteiger partial charge in [0.1, 0.15) is 5.75 Å². The van der Waals surface area contributed by atoms with E-state index in [-0.39, 0.29) is 6.04 Å². The van der Waals surface area contributed by atoms with Gasteiger partial charge in [0.2, 0.25) is 0 Å². The molecule has 0 aliphatic heterocycles. The van der Waals surface area contributed by atoms with Crippen LogP contribution in [0.4, 0.5) is 4.79 Å². The fourth-order valence-corrected chi connectivity index (χ4v) is 3.75. The molecule has 1 aromatic carbocycles. The Balaban J connectivity index is 1.61. The van der Waals surface area contributed by atoms with E-state index in [1.165, 1.54) is 0 Å². The molecule has 3 rings (SSSR count). The van der Waals surface area contributed by atoms with Gasteiger partial charge in [-0.1, -0.05) is 12.1 Å². The second-order valence-electron chi connectivity index (χ2n) is 7.72. The highest BCUT2D eigenvalue weighted by Gasteiger charge is 2.21. The lowest BCUT2D eigenvalue weighted by molar-refractivity contribution is 0.189. The van der Waals surface area contributed by atoms with Crippen LogP contribution in [0.3, 0.4) is 0 Å². The van der Waals surface area contributed by atoms with E-state index in [9.17, 15) is 4.79 Å². The van der Waals surface area contributed by atoms with Gasteiger partial charge in [0.25, 0.3) is 0 Å². The quantitative estimate of drug-likeness (QED) is 0.582. The fraction of sp³-hybridized carbons (Fsp3) is 0.478. The lowest BCUT2D eigenvalue weighted by Crippen LogP contribution is -2.30. The summed E-state index contributed by atoms with van der Waals surface area (Å²) in [7, 11) is 0. The second kappa shape index (κ2) is 10.7. The first-order chi connectivity index (χ1) is 14.5. The van der Waals surface area contributed by atoms with Crippen LogP contribution in [0.1, 0.15) is 43.9 Å². The van der Waals surface area contributed by atoms with Gasteiger partial charge in [-0.05, 0) is 69.2 Å². The molecule has 1 saturated carbocycles. The molecule has 7 heteroatoms. The molecule has 0 spiro atoms. The van der Waals surface area contributed by atoms with Gasteiger partial charge >= 0.3 is 6.09 Å². The van der Waals surface area contributed by atoms with Crippen molar-refractivity contribution < 1.29 is 14.6 Å². The number of carbonyl (C=O) groups is 1. The second-order valence-corrected chi connectivity index (χ2v) is 7.72. The summed E-state index contributed by atoms with van der Waals surface area (Å²) in [6.45, 7) is 5.55. The Hall–Kier alpha value is -2.96. The summed E-state index contributed by atoms with van der Waals surface area (Å²) in [6.07, 6.45) is 4.78. The first-order valence-corrected chi connectivity index (χ1v) is 10.6. The smallest absolute Gasteiger partial charge is 0.404 e. The van der Waals surface area contributed by atoms with E-state index in [2.05, 4.69) is 32.7 Å². The van der Waals surface area contributed by atoms with Crippen molar-refractivity contribution in [1.82, 2.24) is 10.3 Å². The number of benzene rings is 1. The maximum absolute atomic E-state index is 10.6. The van der Waals surface area contributed by atoms with Crippen LogP contribution in [-0.2, 0) is 6.54 Å². The third-order valence-electron chi connectivity index (χ3n) is 5.45. The molecule has 1 fully saturated rings. The van der Waals surface area contributed by atoms with Crippen molar-refractivity contribution in [3.63, 3.8) is 0 Å². The molecule has 160 valence electrons. The third kappa shape index (κ3) is 6.27. The first kappa shape index (κ1) is 21.7. The van der Waals surface area contributed by atoms with E-state index < -0.39 is 6.09 Å². The number of hydrogen-bond acceptors (Lipinski definition) is 5. The zero-order valence-electron chi connectivity index (χ0n) is 17.7. The van der Waals surface area contributed by atoms with Crippen LogP contribution in [0.5, 0.6) is 5.75 Å². The molecular formula is C23H30N4O3. The number of carboxylic acid groups (broad SMARTS) is 1. The van der Waals surface area contributed by atoms with E-state index in [1.807, 2.05) is 38.2 Å². The van der Waals surface area contributed by atoms with Gasteiger partial charge in [0, 0.05) is 29.6 Å². The number of pyridine rings is 1. The molecule has 1 aromatic heterocycles. The van der Waals surface area contributed by atoms with Gasteiger partial charge in [-0.2, -0.15) is 10.2 Å². The zero-order chi connectivity index (χ0) is 21.3. The monoisotopic (exact) mass is 410 g/mol. The number of aromatic nitrogens is 1. The number of ether oxygens (including phenoxy) is 1. The van der Waals surface area contributed by atoms with Crippen LogP contribution in [0.2, 0.25) is 0 Å². The molecule has 1 heterocycles. The molecule has 2 aromatic rings. The Kier molecular flexibility index (Phi) is 7.76. The van der Waals surface area contributed by atoms with E-state index in [0.29, 0.717) is 25.6 Å². The predicted octanol–water partition coefficient (Wildman–Crippen LogP) is 5.23. The molecular weight excluding hydrogens is 380 g/mol. The van der Waals surface area contributed by atoms with Gasteiger partial charge in [0.15, 0.2) is 0 Å². The van der Waals surface area contributed by atoms with Gasteiger partial charge in [-0.15, -0.1) is 0 Å². The van der Waals surface area contributed by atoms with Crippen LogP contribution < -0.4 is 10.1 Å². The maximum Gasteiger partial charge on any atom is 0.404 e. The highest BCUT2D eigenvalue weighted by atomic mass is 16.5. The van der Waals surface area contributed by atoms with Gasteiger partial charge in [0.05, 0.1) is 19.2 Å². The lowest BCUT2D eigenvalue weighted by Gasteiger charge is -2.25. The Labute approximate surface area is 177 Å². The van der Waals surface area contributed by atoms with Gasteiger partial charge in [-0.3, -0.25) is 4.98 Å². The minimum atomic E-state index is -0.953. The summed E-state index contributed by atoms with van der Waals surface area (Å²) in [4.78, 5) is 15.0. The number of aryl methyl sites for hydroxylation is 1. The fourth-order valence-electron chi connectivity index (χ4n) is 3.75. The number of nitrogens with one attached hydrogen (secondary N) is 1. The van der Waals surface area contributed by atoms with E-state index in [1.54, 1.807) is 0 Å². The van der Waals surface area contributed by atoms with Gasteiger partial charge in [-0.25, -0.2) is 4.79 Å². The highest BCUT2D eigenvalue weighted by Crippen LogP contribution is 2.29. The Bertz CT molecular complexity index is 859. The SMILES string of the molecule is CCOc1ccc(-c2ccc(C)nc2)cc1C/N=N/C1CCC(CNC(=O)O)CC1. The number of rotatable bonds is 8. The summed E-state index contributed by atoms with van der Waals surface area (Å²) >= 11 is 0. The third-order valence-corrected chi connectivity index (χ3v) is 5.45. The molecule has 1 aliphatic carbocycles. The van der Waals surface area contributed by atoms with E-state index in [0.717, 1.165) is 53.8 Å². The average molecular weight is 411 g/mol. The van der Waals surface area contributed by atoms with Crippen molar-refractivity contribution >= 4 is 6.09 Å². The average Bonchev–Trinajstić information content (AvgIpc) is 2.75. The minimum absolute atomic E-state index is 0.214. The Morgan fingerprint density at radius 1 is 1.20 bits per heavy atom. The predicted molar refractivity (Wildman–Crippen MR) is 116 cm³/mol. The molecule has 0 unspecified atom stereocenters. The summed E-state index contributed by atoms with van der Waals surface area (Å²) in [5.41, 5.74) is 4.16. The zero-order valence-corrected chi connectivity index (χ0v) is 17.7.